The molecule has 1 aliphatic rings. The number of rotatable bonds is 2. The molecule has 1 unspecified atom stereocenters. The molecule has 0 aromatic heterocycles. The van der Waals surface area contributed by atoms with E-state index in [9.17, 15) is 4.79 Å². The first-order valence-electron chi connectivity index (χ1n) is 2.86. The van der Waals surface area contributed by atoms with E-state index in [2.05, 4.69) is 0 Å². The van der Waals surface area contributed by atoms with Gasteiger partial charge in [-0.05, 0) is 19.8 Å². The zero-order valence-electron chi connectivity index (χ0n) is 4.92. The molecule has 1 saturated carbocycles. The molecule has 2 nitrogen and oxygen atoms in total. The van der Waals surface area contributed by atoms with Gasteiger partial charge in [-0.25, -0.2) is 0 Å². The van der Waals surface area contributed by atoms with Crippen molar-refractivity contribution < 1.29 is 9.90 Å². The number of aliphatic hydroxyl groups is 1. The Morgan fingerprint density at radius 3 is 2.25 bits per heavy atom. The summed E-state index contributed by atoms with van der Waals surface area (Å²) in [6, 6.07) is 0. The van der Waals surface area contributed by atoms with Crippen LogP contribution in [0.15, 0.2) is 0 Å². The molecule has 0 radical (unpaired) electrons. The predicted molar refractivity (Wildman–Crippen MR) is 29.4 cm³/mol. The van der Waals surface area contributed by atoms with Gasteiger partial charge in [0.1, 0.15) is 6.29 Å². The molecule has 1 aliphatic carbocycles. The molecule has 0 spiro atoms. The lowest BCUT2D eigenvalue weighted by Gasteiger charge is -2.07. The van der Waals surface area contributed by atoms with Crippen LogP contribution in [0.4, 0.5) is 0 Å². The molecule has 1 rings (SSSR count). The van der Waals surface area contributed by atoms with Crippen LogP contribution in [0.2, 0.25) is 0 Å². The molecule has 1 N–H and O–H groups in total. The average Bonchev–Trinajstić information content (AvgIpc) is 2.44. The molecule has 0 aromatic carbocycles. The molecule has 0 aromatic rings. The Labute approximate surface area is 48.5 Å². The molecule has 0 amide bonds. The zero-order chi connectivity index (χ0) is 6.20. The largest absolute Gasteiger partial charge is 0.392 e. The van der Waals surface area contributed by atoms with Gasteiger partial charge in [0.05, 0.1) is 11.5 Å². The van der Waals surface area contributed by atoms with Gasteiger partial charge in [-0.3, -0.25) is 0 Å². The number of carbonyl (C=O) groups is 1. The van der Waals surface area contributed by atoms with Gasteiger partial charge in [0.15, 0.2) is 0 Å². The van der Waals surface area contributed by atoms with Gasteiger partial charge in [0, 0.05) is 0 Å². The average molecular weight is 114 g/mol. The van der Waals surface area contributed by atoms with Gasteiger partial charge >= 0.3 is 0 Å². The standard InChI is InChI=1S/C6H10O2/c1-5(8)6(4-7)2-3-6/h4-5,8H,2-3H2,1H3. The summed E-state index contributed by atoms with van der Waals surface area (Å²) in [6.07, 6.45) is 2.17. The fourth-order valence-electron chi connectivity index (χ4n) is 0.778. The molecular weight excluding hydrogens is 104 g/mol. The smallest absolute Gasteiger partial charge is 0.128 e. The normalized spacial score (nSPS) is 26.8. The molecule has 1 atom stereocenters. The number of hydrogen-bond acceptors (Lipinski definition) is 2. The highest BCUT2D eigenvalue weighted by Gasteiger charge is 2.46. The van der Waals surface area contributed by atoms with E-state index in [-0.39, 0.29) is 5.41 Å². The third-order valence-corrected chi connectivity index (χ3v) is 1.89. The maximum Gasteiger partial charge on any atom is 0.128 e. The van der Waals surface area contributed by atoms with Gasteiger partial charge in [0.25, 0.3) is 0 Å². The molecule has 2 heteroatoms. The molecule has 8 heavy (non-hydrogen) atoms. The van der Waals surface area contributed by atoms with E-state index in [0.29, 0.717) is 0 Å². The first-order valence-corrected chi connectivity index (χ1v) is 2.86. The van der Waals surface area contributed by atoms with Crippen molar-refractivity contribution in [3.8, 4) is 0 Å². The van der Waals surface area contributed by atoms with Gasteiger partial charge in [-0.2, -0.15) is 0 Å². The fraction of sp³-hybridized carbons (Fsp3) is 0.833. The van der Waals surface area contributed by atoms with Crippen molar-refractivity contribution in [3.63, 3.8) is 0 Å². The zero-order valence-corrected chi connectivity index (χ0v) is 4.92. The minimum Gasteiger partial charge on any atom is -0.392 e. The minimum atomic E-state index is -0.444. The monoisotopic (exact) mass is 114 g/mol. The molecule has 46 valence electrons. The van der Waals surface area contributed by atoms with Crippen LogP contribution in [-0.4, -0.2) is 17.5 Å². The topological polar surface area (TPSA) is 37.3 Å². The summed E-state index contributed by atoms with van der Waals surface area (Å²) >= 11 is 0. The number of aliphatic hydroxyl groups excluding tert-OH is 1. The summed E-state index contributed by atoms with van der Waals surface area (Å²) in [7, 11) is 0. The first kappa shape index (κ1) is 5.76. The van der Waals surface area contributed by atoms with E-state index in [1.54, 1.807) is 6.92 Å². The van der Waals surface area contributed by atoms with Gasteiger partial charge in [-0.1, -0.05) is 0 Å². The van der Waals surface area contributed by atoms with Crippen molar-refractivity contribution in [2.24, 2.45) is 5.41 Å². The number of carbonyl (C=O) groups excluding carboxylic acids is 1. The van der Waals surface area contributed by atoms with Crippen LogP contribution in [0.1, 0.15) is 19.8 Å². The summed E-state index contributed by atoms with van der Waals surface area (Å²) in [5, 5.41) is 8.91. The van der Waals surface area contributed by atoms with Crippen LogP contribution in [0, 0.1) is 5.41 Å². The van der Waals surface area contributed by atoms with E-state index in [4.69, 9.17) is 5.11 Å². The Morgan fingerprint density at radius 2 is 2.25 bits per heavy atom. The quantitative estimate of drug-likeness (QED) is 0.526. The van der Waals surface area contributed by atoms with E-state index in [0.717, 1.165) is 19.1 Å². The summed E-state index contributed by atoms with van der Waals surface area (Å²) in [4.78, 5) is 10.2. The highest BCUT2D eigenvalue weighted by atomic mass is 16.3. The highest BCUT2D eigenvalue weighted by Crippen LogP contribution is 2.46. The number of hydrogen-bond donors (Lipinski definition) is 1. The van der Waals surface area contributed by atoms with Crippen LogP contribution < -0.4 is 0 Å². The van der Waals surface area contributed by atoms with Crippen LogP contribution in [0.5, 0.6) is 0 Å². The Bertz CT molecular complexity index is 103. The minimum absolute atomic E-state index is 0.333. The molecule has 1 fully saturated rings. The Balaban J connectivity index is 2.53. The second kappa shape index (κ2) is 1.55. The van der Waals surface area contributed by atoms with Gasteiger partial charge < -0.3 is 9.90 Å². The van der Waals surface area contributed by atoms with Crippen LogP contribution in [-0.2, 0) is 4.79 Å². The summed E-state index contributed by atoms with van der Waals surface area (Å²) in [6.45, 7) is 1.67. The van der Waals surface area contributed by atoms with Crippen molar-refractivity contribution in [2.75, 3.05) is 0 Å². The maximum absolute atomic E-state index is 10.2. The lowest BCUT2D eigenvalue weighted by molar-refractivity contribution is -0.115. The lowest BCUT2D eigenvalue weighted by atomic mass is 10.0. The third-order valence-electron chi connectivity index (χ3n) is 1.89. The molecule has 0 aliphatic heterocycles. The first-order chi connectivity index (χ1) is 3.71. The molecule has 0 bridgehead atoms. The van der Waals surface area contributed by atoms with Crippen molar-refractivity contribution >= 4 is 6.29 Å². The van der Waals surface area contributed by atoms with Crippen molar-refractivity contribution in [1.29, 1.82) is 0 Å². The second-order valence-corrected chi connectivity index (χ2v) is 2.53. The number of aldehydes is 1. The van der Waals surface area contributed by atoms with Gasteiger partial charge in [0.2, 0.25) is 0 Å². The molecular formula is C6H10O2. The van der Waals surface area contributed by atoms with E-state index in [1.165, 1.54) is 0 Å². The van der Waals surface area contributed by atoms with Gasteiger partial charge in [-0.15, -0.1) is 0 Å². The second-order valence-electron chi connectivity index (χ2n) is 2.53. The SMILES string of the molecule is CC(O)C1(C=O)CC1. The molecule has 0 saturated heterocycles. The van der Waals surface area contributed by atoms with Crippen LogP contribution >= 0.6 is 0 Å². The van der Waals surface area contributed by atoms with Crippen molar-refractivity contribution in [1.82, 2.24) is 0 Å². The van der Waals surface area contributed by atoms with Crippen molar-refractivity contribution in [2.45, 2.75) is 25.9 Å². The maximum atomic E-state index is 10.2. The Morgan fingerprint density at radius 1 is 1.75 bits per heavy atom. The van der Waals surface area contributed by atoms with E-state index >= 15 is 0 Å². The predicted octanol–water partition coefficient (Wildman–Crippen LogP) is 0.346. The Hall–Kier alpha value is -0.370. The van der Waals surface area contributed by atoms with Crippen LogP contribution in [0.25, 0.3) is 0 Å². The third kappa shape index (κ3) is 0.650. The lowest BCUT2D eigenvalue weighted by Crippen LogP contribution is -2.18. The van der Waals surface area contributed by atoms with E-state index in [1.807, 2.05) is 0 Å². The Kier molecular flexibility index (Phi) is 1.12. The fourth-order valence-corrected chi connectivity index (χ4v) is 0.778. The summed E-state index contributed by atoms with van der Waals surface area (Å²) in [5.41, 5.74) is -0.333. The van der Waals surface area contributed by atoms with E-state index < -0.39 is 6.10 Å². The summed E-state index contributed by atoms with van der Waals surface area (Å²) in [5.74, 6) is 0. The highest BCUT2D eigenvalue weighted by molar-refractivity contribution is 5.64. The summed E-state index contributed by atoms with van der Waals surface area (Å²) < 4.78 is 0. The van der Waals surface area contributed by atoms with Crippen LogP contribution in [0.3, 0.4) is 0 Å². The van der Waals surface area contributed by atoms with Crippen molar-refractivity contribution in [3.05, 3.63) is 0 Å². The molecule has 0 heterocycles.